The number of carbonyl (C=O) groups is 1. The van der Waals surface area contributed by atoms with Gasteiger partial charge in [-0.05, 0) is 48.9 Å². The van der Waals surface area contributed by atoms with Gasteiger partial charge in [-0.25, -0.2) is 15.0 Å². The van der Waals surface area contributed by atoms with Crippen molar-refractivity contribution in [2.75, 3.05) is 31.2 Å². The van der Waals surface area contributed by atoms with Crippen LogP contribution in [0.25, 0.3) is 6.08 Å². The maximum atomic E-state index is 12.3. The van der Waals surface area contributed by atoms with E-state index in [4.69, 9.17) is 4.74 Å². The summed E-state index contributed by atoms with van der Waals surface area (Å²) in [5.41, 5.74) is 3.84. The molecule has 144 valence electrons. The van der Waals surface area contributed by atoms with E-state index in [1.807, 2.05) is 32.0 Å². The first-order valence-electron chi connectivity index (χ1n) is 9.10. The van der Waals surface area contributed by atoms with Gasteiger partial charge in [-0.1, -0.05) is 12.1 Å². The maximum absolute atomic E-state index is 12.3. The molecule has 8 heteroatoms. The molecule has 7 nitrogen and oxygen atoms in total. The number of ether oxygens (including phenoxy) is 1. The number of aryl methyl sites for hydroxylation is 2. The molecule has 0 saturated carbocycles. The average Bonchev–Trinajstić information content (AvgIpc) is 3.05. The lowest BCUT2D eigenvalue weighted by molar-refractivity contribution is -0.115. The first-order valence-corrected chi connectivity index (χ1v) is 9.92. The van der Waals surface area contributed by atoms with Crippen LogP contribution in [0.3, 0.4) is 0 Å². The summed E-state index contributed by atoms with van der Waals surface area (Å²) in [5.74, 6) is 0.525. The number of morpholine rings is 1. The number of thioether (sulfide) groups is 1. The highest BCUT2D eigenvalue weighted by atomic mass is 32.2. The molecule has 2 aliphatic heterocycles. The van der Waals surface area contributed by atoms with Crippen LogP contribution in [0.2, 0.25) is 0 Å². The summed E-state index contributed by atoms with van der Waals surface area (Å²) in [6.45, 7) is 6.98. The van der Waals surface area contributed by atoms with Gasteiger partial charge in [0.15, 0.2) is 5.17 Å². The Labute approximate surface area is 167 Å². The summed E-state index contributed by atoms with van der Waals surface area (Å²) in [4.78, 5) is 28.4. The van der Waals surface area contributed by atoms with E-state index in [-0.39, 0.29) is 5.91 Å². The number of nitrogens with one attached hydrogen (secondary N) is 1. The third-order valence-electron chi connectivity index (χ3n) is 4.49. The Morgan fingerprint density at radius 1 is 1.21 bits per heavy atom. The Bertz CT molecular complexity index is 950. The molecule has 2 saturated heterocycles. The van der Waals surface area contributed by atoms with E-state index in [2.05, 4.69) is 25.2 Å². The molecule has 2 aliphatic rings. The Morgan fingerprint density at radius 3 is 2.71 bits per heavy atom. The van der Waals surface area contributed by atoms with Crippen LogP contribution >= 0.6 is 11.8 Å². The van der Waals surface area contributed by atoms with Crippen LogP contribution in [0, 0.1) is 13.8 Å². The van der Waals surface area contributed by atoms with E-state index in [1.54, 1.807) is 18.5 Å². The maximum Gasteiger partial charge on any atom is 0.264 e. The molecule has 28 heavy (non-hydrogen) atoms. The van der Waals surface area contributed by atoms with Gasteiger partial charge in [0.1, 0.15) is 0 Å². The van der Waals surface area contributed by atoms with Crippen molar-refractivity contribution in [1.82, 2.24) is 15.3 Å². The average molecular weight is 395 g/mol. The molecule has 1 aromatic carbocycles. The van der Waals surface area contributed by atoms with E-state index in [0.717, 1.165) is 35.5 Å². The van der Waals surface area contributed by atoms with E-state index >= 15 is 0 Å². The van der Waals surface area contributed by atoms with Crippen LogP contribution in [-0.2, 0) is 9.53 Å². The van der Waals surface area contributed by atoms with Crippen LogP contribution < -0.4 is 10.2 Å². The second-order valence-electron chi connectivity index (χ2n) is 6.69. The van der Waals surface area contributed by atoms with E-state index in [0.29, 0.717) is 29.2 Å². The molecule has 0 unspecified atom stereocenters. The lowest BCUT2D eigenvalue weighted by Crippen LogP contribution is -2.37. The predicted molar refractivity (Wildman–Crippen MR) is 112 cm³/mol. The fourth-order valence-electron chi connectivity index (χ4n) is 2.91. The van der Waals surface area contributed by atoms with Crippen molar-refractivity contribution in [3.8, 4) is 0 Å². The van der Waals surface area contributed by atoms with Gasteiger partial charge in [0.05, 0.1) is 23.8 Å². The Hall–Kier alpha value is -2.71. The number of amides is 1. The highest BCUT2D eigenvalue weighted by molar-refractivity contribution is 8.18. The first-order chi connectivity index (χ1) is 13.6. The third kappa shape index (κ3) is 4.23. The summed E-state index contributed by atoms with van der Waals surface area (Å²) in [5, 5.41) is 3.40. The number of rotatable bonds is 3. The minimum atomic E-state index is -0.161. The fraction of sp³-hybridized carbons (Fsp3) is 0.300. The summed E-state index contributed by atoms with van der Waals surface area (Å²) in [7, 11) is 0. The molecule has 4 rings (SSSR count). The molecule has 2 aromatic rings. The molecule has 0 spiro atoms. The van der Waals surface area contributed by atoms with Crippen molar-refractivity contribution in [2.45, 2.75) is 13.8 Å². The van der Waals surface area contributed by atoms with Gasteiger partial charge in [0, 0.05) is 31.0 Å². The highest BCUT2D eigenvalue weighted by Gasteiger charge is 2.24. The number of hydrogen-bond donors (Lipinski definition) is 1. The smallest absolute Gasteiger partial charge is 0.264 e. The molecule has 0 aliphatic carbocycles. The highest BCUT2D eigenvalue weighted by Crippen LogP contribution is 2.29. The SMILES string of the molecule is Cc1ccc(C)c(N=C2NC(=O)/C(=C\c3cnc(N4CCOCC4)nc3)S2)c1. The van der Waals surface area contributed by atoms with E-state index in [9.17, 15) is 4.79 Å². The fourth-order valence-corrected chi connectivity index (χ4v) is 3.75. The number of hydrogen-bond acceptors (Lipinski definition) is 7. The molecular formula is C20H21N5O2S. The molecule has 3 heterocycles. The minimum absolute atomic E-state index is 0.161. The second-order valence-corrected chi connectivity index (χ2v) is 7.72. The summed E-state index contributed by atoms with van der Waals surface area (Å²) in [6.07, 6.45) is 5.26. The van der Waals surface area contributed by atoms with Gasteiger partial charge in [-0.2, -0.15) is 0 Å². The summed E-state index contributed by atoms with van der Waals surface area (Å²) >= 11 is 1.32. The Balaban J connectivity index is 1.50. The van der Waals surface area contributed by atoms with Gasteiger partial charge in [-0.3, -0.25) is 4.79 Å². The number of carbonyl (C=O) groups excluding carboxylic acids is 1. The van der Waals surface area contributed by atoms with Crippen LogP contribution in [0.5, 0.6) is 0 Å². The molecule has 1 amide bonds. The van der Waals surface area contributed by atoms with Crippen molar-refractivity contribution in [1.29, 1.82) is 0 Å². The van der Waals surface area contributed by atoms with Gasteiger partial charge in [0.2, 0.25) is 5.95 Å². The molecule has 2 fully saturated rings. The van der Waals surface area contributed by atoms with Gasteiger partial charge in [-0.15, -0.1) is 0 Å². The lowest BCUT2D eigenvalue weighted by atomic mass is 10.1. The van der Waals surface area contributed by atoms with Crippen LogP contribution in [0.4, 0.5) is 11.6 Å². The summed E-state index contributed by atoms with van der Waals surface area (Å²) in [6, 6.07) is 6.08. The first kappa shape index (κ1) is 18.6. The zero-order valence-corrected chi connectivity index (χ0v) is 16.6. The number of amidine groups is 1. The molecular weight excluding hydrogens is 374 g/mol. The summed E-state index contributed by atoms with van der Waals surface area (Å²) < 4.78 is 5.35. The number of aliphatic imine (C=N–C) groups is 1. The minimum Gasteiger partial charge on any atom is -0.378 e. The second kappa shape index (κ2) is 8.12. The quantitative estimate of drug-likeness (QED) is 0.805. The monoisotopic (exact) mass is 395 g/mol. The van der Waals surface area contributed by atoms with Gasteiger partial charge < -0.3 is 15.0 Å². The Morgan fingerprint density at radius 2 is 1.96 bits per heavy atom. The van der Waals surface area contributed by atoms with Crippen molar-refractivity contribution in [2.24, 2.45) is 4.99 Å². The standard InChI is InChI=1S/C20H21N5O2S/c1-13-3-4-14(2)16(9-13)23-20-24-18(26)17(28-20)10-15-11-21-19(22-12-15)25-5-7-27-8-6-25/h3-4,9-12H,5-8H2,1-2H3,(H,23,24,26)/b17-10+. The number of anilines is 1. The predicted octanol–water partition coefficient (Wildman–Crippen LogP) is 2.82. The van der Waals surface area contributed by atoms with Crippen LogP contribution in [0.1, 0.15) is 16.7 Å². The lowest BCUT2D eigenvalue weighted by Gasteiger charge is -2.26. The largest absolute Gasteiger partial charge is 0.378 e. The molecule has 0 atom stereocenters. The molecule has 1 aromatic heterocycles. The van der Waals surface area contributed by atoms with Crippen LogP contribution in [-0.4, -0.2) is 47.3 Å². The van der Waals surface area contributed by atoms with Crippen LogP contribution in [0.15, 0.2) is 40.5 Å². The van der Waals surface area contributed by atoms with Crippen molar-refractivity contribution < 1.29 is 9.53 Å². The zero-order chi connectivity index (χ0) is 19.5. The number of benzene rings is 1. The third-order valence-corrected chi connectivity index (χ3v) is 5.40. The van der Waals surface area contributed by atoms with Crippen molar-refractivity contribution >= 4 is 40.5 Å². The zero-order valence-electron chi connectivity index (χ0n) is 15.8. The number of aromatic nitrogens is 2. The van der Waals surface area contributed by atoms with E-state index in [1.165, 1.54) is 11.8 Å². The topological polar surface area (TPSA) is 79.7 Å². The van der Waals surface area contributed by atoms with Crippen molar-refractivity contribution in [3.05, 3.63) is 52.2 Å². The van der Waals surface area contributed by atoms with Gasteiger partial charge in [0.25, 0.3) is 5.91 Å². The Kier molecular flexibility index (Phi) is 5.40. The van der Waals surface area contributed by atoms with Crippen molar-refractivity contribution in [3.63, 3.8) is 0 Å². The number of nitrogens with zero attached hydrogens (tertiary/aromatic N) is 4. The molecule has 0 radical (unpaired) electrons. The molecule has 0 bridgehead atoms. The normalized spacial score (nSPS) is 20.1. The van der Waals surface area contributed by atoms with E-state index < -0.39 is 0 Å². The van der Waals surface area contributed by atoms with Gasteiger partial charge >= 0.3 is 0 Å². The molecule has 1 N–H and O–H groups in total.